The van der Waals surface area contributed by atoms with Gasteiger partial charge in [-0.2, -0.15) is 4.98 Å². The van der Waals surface area contributed by atoms with Crippen molar-refractivity contribution in [3.05, 3.63) is 11.9 Å². The zero-order valence-electron chi connectivity index (χ0n) is 13.6. The topological polar surface area (TPSA) is 65.5 Å². The molecule has 1 aromatic heterocycles. The van der Waals surface area contributed by atoms with Crippen LogP contribution in [0.5, 0.6) is 5.88 Å². The van der Waals surface area contributed by atoms with Crippen LogP contribution in [0.3, 0.4) is 0 Å². The van der Waals surface area contributed by atoms with E-state index in [2.05, 4.69) is 22.2 Å². The summed E-state index contributed by atoms with van der Waals surface area (Å²) in [4.78, 5) is 9.06. The summed E-state index contributed by atoms with van der Waals surface area (Å²) in [6.07, 6.45) is 5.57. The summed E-state index contributed by atoms with van der Waals surface area (Å²) in [7, 11) is 1.65. The number of unbranched alkanes of at least 4 members (excludes halogenated alkanes) is 2. The molecule has 1 atom stereocenters. The summed E-state index contributed by atoms with van der Waals surface area (Å²) in [5, 5.41) is 3.36. The van der Waals surface area contributed by atoms with Crippen molar-refractivity contribution in [3.8, 4) is 5.88 Å². The van der Waals surface area contributed by atoms with Crippen molar-refractivity contribution in [1.82, 2.24) is 9.97 Å². The van der Waals surface area contributed by atoms with E-state index in [0.29, 0.717) is 24.9 Å². The Morgan fingerprint density at radius 3 is 2.95 bits per heavy atom. The largest absolute Gasteiger partial charge is 0.475 e. The number of anilines is 1. The SMILES string of the molecule is CCCCCNc1cc(OCCOC)nc(C2CCCO2)n1. The Bertz CT molecular complexity index is 437. The fraction of sp³-hybridized carbons (Fsp3) is 0.750. The Balaban J connectivity index is 2.01. The molecule has 0 saturated carbocycles. The number of aromatic nitrogens is 2. The second kappa shape index (κ2) is 9.58. The van der Waals surface area contributed by atoms with Crippen molar-refractivity contribution in [2.45, 2.75) is 45.1 Å². The van der Waals surface area contributed by atoms with Crippen LogP contribution in [-0.4, -0.2) is 43.4 Å². The molecule has 0 spiro atoms. The molecule has 1 fully saturated rings. The summed E-state index contributed by atoms with van der Waals surface area (Å²) in [6.45, 7) is 4.91. The Morgan fingerprint density at radius 2 is 2.23 bits per heavy atom. The van der Waals surface area contributed by atoms with Gasteiger partial charge in [0.25, 0.3) is 0 Å². The standard InChI is InChI=1S/C16H27N3O3/c1-3-4-5-8-17-14-12-15(22-11-10-20-2)19-16(18-14)13-7-6-9-21-13/h12-13H,3-11H2,1-2H3,(H,17,18,19). The van der Waals surface area contributed by atoms with Crippen LogP contribution in [-0.2, 0) is 9.47 Å². The summed E-state index contributed by atoms with van der Waals surface area (Å²) < 4.78 is 16.3. The molecule has 0 bridgehead atoms. The van der Waals surface area contributed by atoms with Gasteiger partial charge in [-0.3, -0.25) is 0 Å². The molecule has 2 heterocycles. The van der Waals surface area contributed by atoms with Crippen molar-refractivity contribution in [3.63, 3.8) is 0 Å². The van der Waals surface area contributed by atoms with Gasteiger partial charge in [0.1, 0.15) is 18.5 Å². The molecule has 1 saturated heterocycles. The van der Waals surface area contributed by atoms with Crippen molar-refractivity contribution in [1.29, 1.82) is 0 Å². The number of methoxy groups -OCH3 is 1. The molecule has 0 aliphatic carbocycles. The van der Waals surface area contributed by atoms with Crippen LogP contribution in [0.4, 0.5) is 5.82 Å². The van der Waals surface area contributed by atoms with Crippen LogP contribution in [0.1, 0.15) is 51.0 Å². The van der Waals surface area contributed by atoms with E-state index in [1.165, 1.54) is 12.8 Å². The quantitative estimate of drug-likeness (QED) is 0.670. The van der Waals surface area contributed by atoms with Gasteiger partial charge in [-0.15, -0.1) is 0 Å². The molecular formula is C16H27N3O3. The van der Waals surface area contributed by atoms with Gasteiger partial charge >= 0.3 is 0 Å². The third-order valence-electron chi connectivity index (χ3n) is 3.56. The predicted octanol–water partition coefficient (Wildman–Crippen LogP) is 2.96. The second-order valence-electron chi connectivity index (χ2n) is 5.43. The lowest BCUT2D eigenvalue weighted by Crippen LogP contribution is -2.12. The molecule has 22 heavy (non-hydrogen) atoms. The molecule has 1 aromatic rings. The van der Waals surface area contributed by atoms with Crippen LogP contribution in [0.25, 0.3) is 0 Å². The summed E-state index contributed by atoms with van der Waals surface area (Å²) in [5.41, 5.74) is 0. The maximum absolute atomic E-state index is 5.68. The lowest BCUT2D eigenvalue weighted by molar-refractivity contribution is 0.103. The first-order valence-corrected chi connectivity index (χ1v) is 8.19. The van der Waals surface area contributed by atoms with Gasteiger partial charge in [0.2, 0.25) is 5.88 Å². The summed E-state index contributed by atoms with van der Waals surface area (Å²) in [5.74, 6) is 2.10. The van der Waals surface area contributed by atoms with Crippen molar-refractivity contribution in [2.24, 2.45) is 0 Å². The molecule has 6 heteroatoms. The number of ether oxygens (including phenoxy) is 3. The molecule has 0 aromatic carbocycles. The normalized spacial score (nSPS) is 17.6. The predicted molar refractivity (Wildman–Crippen MR) is 85.3 cm³/mol. The highest BCUT2D eigenvalue weighted by atomic mass is 16.5. The highest BCUT2D eigenvalue weighted by Crippen LogP contribution is 2.28. The minimum absolute atomic E-state index is 0.0119. The molecule has 0 amide bonds. The zero-order chi connectivity index (χ0) is 15.6. The van der Waals surface area contributed by atoms with Gasteiger partial charge in [0.15, 0.2) is 5.82 Å². The van der Waals surface area contributed by atoms with Crippen LogP contribution in [0.15, 0.2) is 6.07 Å². The van der Waals surface area contributed by atoms with Gasteiger partial charge in [0.05, 0.1) is 6.61 Å². The number of nitrogens with zero attached hydrogens (tertiary/aromatic N) is 2. The van der Waals surface area contributed by atoms with Gasteiger partial charge < -0.3 is 19.5 Å². The molecule has 1 N–H and O–H groups in total. The maximum Gasteiger partial charge on any atom is 0.218 e. The molecule has 0 radical (unpaired) electrons. The summed E-state index contributed by atoms with van der Waals surface area (Å²) in [6, 6.07) is 1.85. The van der Waals surface area contributed by atoms with E-state index in [9.17, 15) is 0 Å². The molecule has 1 aliphatic heterocycles. The van der Waals surface area contributed by atoms with E-state index in [0.717, 1.165) is 38.2 Å². The van der Waals surface area contributed by atoms with Crippen molar-refractivity contribution >= 4 is 5.82 Å². The van der Waals surface area contributed by atoms with Crippen molar-refractivity contribution in [2.75, 3.05) is 38.8 Å². The Hall–Kier alpha value is -1.40. The lowest BCUT2D eigenvalue weighted by Gasteiger charge is -2.13. The fourth-order valence-electron chi connectivity index (χ4n) is 2.35. The van der Waals surface area contributed by atoms with Crippen molar-refractivity contribution < 1.29 is 14.2 Å². The smallest absolute Gasteiger partial charge is 0.218 e. The van der Waals surface area contributed by atoms with E-state index >= 15 is 0 Å². The highest BCUT2D eigenvalue weighted by Gasteiger charge is 2.22. The monoisotopic (exact) mass is 309 g/mol. The number of hydrogen-bond donors (Lipinski definition) is 1. The molecule has 124 valence electrons. The van der Waals surface area contributed by atoms with Gasteiger partial charge in [-0.1, -0.05) is 19.8 Å². The van der Waals surface area contributed by atoms with E-state index in [1.807, 2.05) is 6.07 Å². The van der Waals surface area contributed by atoms with Gasteiger partial charge in [0, 0.05) is 26.3 Å². The van der Waals surface area contributed by atoms with E-state index in [-0.39, 0.29) is 6.10 Å². The third kappa shape index (κ3) is 5.42. The minimum Gasteiger partial charge on any atom is -0.475 e. The van der Waals surface area contributed by atoms with E-state index in [1.54, 1.807) is 7.11 Å². The second-order valence-corrected chi connectivity index (χ2v) is 5.43. The van der Waals surface area contributed by atoms with Gasteiger partial charge in [-0.25, -0.2) is 4.98 Å². The minimum atomic E-state index is -0.0119. The van der Waals surface area contributed by atoms with E-state index < -0.39 is 0 Å². The average molecular weight is 309 g/mol. The van der Waals surface area contributed by atoms with Gasteiger partial charge in [-0.05, 0) is 19.3 Å². The van der Waals surface area contributed by atoms with Crippen LogP contribution >= 0.6 is 0 Å². The lowest BCUT2D eigenvalue weighted by atomic mass is 10.2. The molecule has 6 nitrogen and oxygen atoms in total. The molecule has 1 aliphatic rings. The average Bonchev–Trinajstić information content (AvgIpc) is 3.06. The Kier molecular flexibility index (Phi) is 7.39. The Labute approximate surface area is 132 Å². The molecule has 1 unspecified atom stereocenters. The van der Waals surface area contributed by atoms with E-state index in [4.69, 9.17) is 14.2 Å². The first kappa shape index (κ1) is 17.0. The van der Waals surface area contributed by atoms with Crippen LogP contribution in [0.2, 0.25) is 0 Å². The molecular weight excluding hydrogens is 282 g/mol. The highest BCUT2D eigenvalue weighted by molar-refractivity contribution is 5.38. The maximum atomic E-state index is 5.68. The van der Waals surface area contributed by atoms with Crippen LogP contribution < -0.4 is 10.1 Å². The first-order chi connectivity index (χ1) is 10.8. The Morgan fingerprint density at radius 1 is 1.32 bits per heavy atom. The van der Waals surface area contributed by atoms with Crippen LogP contribution in [0, 0.1) is 0 Å². The summed E-state index contributed by atoms with van der Waals surface area (Å²) >= 11 is 0. The number of rotatable bonds is 10. The third-order valence-corrected chi connectivity index (χ3v) is 3.56. The zero-order valence-corrected chi connectivity index (χ0v) is 13.6. The fourth-order valence-corrected chi connectivity index (χ4v) is 2.35. The molecule has 2 rings (SSSR count). The number of nitrogens with one attached hydrogen (secondary N) is 1. The first-order valence-electron chi connectivity index (χ1n) is 8.19. The number of hydrogen-bond acceptors (Lipinski definition) is 6.